The smallest absolute Gasteiger partial charge is 0.407 e. The highest BCUT2D eigenvalue weighted by atomic mass is 19.1. The topological polar surface area (TPSA) is 119 Å². The summed E-state index contributed by atoms with van der Waals surface area (Å²) in [4.78, 5) is 21.5. The lowest BCUT2D eigenvalue weighted by atomic mass is 10.1. The summed E-state index contributed by atoms with van der Waals surface area (Å²) in [5.41, 5.74) is 8.09. The van der Waals surface area contributed by atoms with Crippen molar-refractivity contribution in [2.45, 2.75) is 25.4 Å². The lowest BCUT2D eigenvalue weighted by Crippen LogP contribution is -2.37. The number of anilines is 1. The third kappa shape index (κ3) is 4.02. The number of nitrogens with two attached hydrogens (primary N) is 1. The summed E-state index contributed by atoms with van der Waals surface area (Å²) in [6.07, 6.45) is 2.01. The van der Waals surface area contributed by atoms with E-state index in [-0.39, 0.29) is 11.9 Å². The second kappa shape index (κ2) is 8.38. The van der Waals surface area contributed by atoms with E-state index in [1.54, 1.807) is 28.9 Å². The molecule has 1 saturated heterocycles. The van der Waals surface area contributed by atoms with Crippen molar-refractivity contribution in [3.05, 3.63) is 60.7 Å². The molecule has 2 aromatic heterocycles. The van der Waals surface area contributed by atoms with Crippen LogP contribution in [0.15, 0.2) is 54.9 Å². The summed E-state index contributed by atoms with van der Waals surface area (Å²) in [6, 6.07) is 12.9. The summed E-state index contributed by atoms with van der Waals surface area (Å²) in [6.45, 7) is 0.885. The number of carboxylic acid groups (broad SMARTS) is 1. The standard InChI is InChI=1S/C23H21FN6O3/c24-15-3-1-5-18(11-15)33-17-8-6-14(7-9-17)20-19-21(25)26-13-27-22(19)30(28-20)12-16-4-2-10-29(16)23(31)32/h1,3,5-9,11,13,16H,2,4,10,12H2,(H,31,32)(H2,25,26,27)/t16-/m1/s1. The maximum absolute atomic E-state index is 13.4. The van der Waals surface area contributed by atoms with Crippen LogP contribution in [0.4, 0.5) is 15.0 Å². The average Bonchev–Trinajstić information content (AvgIpc) is 3.41. The van der Waals surface area contributed by atoms with Gasteiger partial charge in [0.15, 0.2) is 5.65 Å². The van der Waals surface area contributed by atoms with Gasteiger partial charge in [0, 0.05) is 18.2 Å². The van der Waals surface area contributed by atoms with Gasteiger partial charge in [-0.25, -0.2) is 23.8 Å². The quantitative estimate of drug-likeness (QED) is 0.471. The molecule has 3 heterocycles. The molecule has 0 bridgehead atoms. The predicted octanol–water partition coefficient (Wildman–Crippen LogP) is 4.15. The van der Waals surface area contributed by atoms with E-state index in [1.165, 1.54) is 23.4 Å². The molecule has 0 aliphatic carbocycles. The van der Waals surface area contributed by atoms with Gasteiger partial charge in [-0.1, -0.05) is 6.07 Å². The molecule has 9 nitrogen and oxygen atoms in total. The van der Waals surface area contributed by atoms with Gasteiger partial charge >= 0.3 is 6.09 Å². The molecular weight excluding hydrogens is 427 g/mol. The number of ether oxygens (including phenoxy) is 1. The first-order chi connectivity index (χ1) is 16.0. The van der Waals surface area contributed by atoms with Crippen LogP contribution in [0.2, 0.25) is 0 Å². The van der Waals surface area contributed by atoms with Gasteiger partial charge < -0.3 is 20.5 Å². The highest BCUT2D eigenvalue weighted by Crippen LogP contribution is 2.33. The zero-order chi connectivity index (χ0) is 22.9. The Morgan fingerprint density at radius 3 is 2.76 bits per heavy atom. The summed E-state index contributed by atoms with van der Waals surface area (Å²) in [7, 11) is 0. The van der Waals surface area contributed by atoms with Gasteiger partial charge in [-0.3, -0.25) is 0 Å². The van der Waals surface area contributed by atoms with Crippen LogP contribution in [-0.2, 0) is 6.54 Å². The number of halogens is 1. The van der Waals surface area contributed by atoms with Crippen LogP contribution in [0, 0.1) is 5.82 Å². The number of likely N-dealkylation sites (tertiary alicyclic amines) is 1. The number of aromatic nitrogens is 4. The molecule has 4 aromatic rings. The van der Waals surface area contributed by atoms with Crippen molar-refractivity contribution < 1.29 is 19.0 Å². The second-order valence-electron chi connectivity index (χ2n) is 7.84. The molecule has 10 heteroatoms. The first-order valence-electron chi connectivity index (χ1n) is 10.5. The van der Waals surface area contributed by atoms with Crippen LogP contribution in [0.1, 0.15) is 12.8 Å². The van der Waals surface area contributed by atoms with Gasteiger partial charge in [0.05, 0.1) is 18.0 Å². The van der Waals surface area contributed by atoms with E-state index in [9.17, 15) is 14.3 Å². The van der Waals surface area contributed by atoms with Gasteiger partial charge in [-0.2, -0.15) is 5.10 Å². The Morgan fingerprint density at radius 2 is 2.00 bits per heavy atom. The van der Waals surface area contributed by atoms with Crippen molar-refractivity contribution in [1.29, 1.82) is 0 Å². The molecule has 0 unspecified atom stereocenters. The minimum Gasteiger partial charge on any atom is -0.465 e. The number of rotatable bonds is 5. The maximum Gasteiger partial charge on any atom is 0.407 e. The Balaban J connectivity index is 1.47. The van der Waals surface area contributed by atoms with E-state index in [0.717, 1.165) is 18.4 Å². The van der Waals surface area contributed by atoms with Gasteiger partial charge in [0.2, 0.25) is 0 Å². The SMILES string of the molecule is Nc1ncnc2c1c(-c1ccc(Oc3cccc(F)c3)cc1)nn2C[C@H]1CCCN1C(=O)O. The molecule has 0 radical (unpaired) electrons. The number of benzene rings is 2. The summed E-state index contributed by atoms with van der Waals surface area (Å²) < 4.78 is 20.8. The highest BCUT2D eigenvalue weighted by molar-refractivity contribution is 5.98. The number of nitrogens with zero attached hydrogens (tertiary/aromatic N) is 5. The van der Waals surface area contributed by atoms with Crippen LogP contribution in [-0.4, -0.2) is 48.4 Å². The second-order valence-corrected chi connectivity index (χ2v) is 7.84. The molecule has 2 aromatic carbocycles. The van der Waals surface area contributed by atoms with E-state index in [2.05, 4.69) is 9.97 Å². The lowest BCUT2D eigenvalue weighted by molar-refractivity contribution is 0.135. The summed E-state index contributed by atoms with van der Waals surface area (Å²) in [5.74, 6) is 0.859. The Kier molecular flexibility index (Phi) is 5.25. The first kappa shape index (κ1) is 20.7. The van der Waals surface area contributed by atoms with Gasteiger partial charge in [-0.15, -0.1) is 0 Å². The average molecular weight is 448 g/mol. The number of nitrogen functional groups attached to an aromatic ring is 1. The minimum atomic E-state index is -0.933. The largest absolute Gasteiger partial charge is 0.465 e. The minimum absolute atomic E-state index is 0.184. The normalized spacial score (nSPS) is 15.8. The Hall–Kier alpha value is -4.21. The monoisotopic (exact) mass is 448 g/mol. The van der Waals surface area contributed by atoms with Crippen molar-refractivity contribution in [3.63, 3.8) is 0 Å². The number of hydrogen-bond acceptors (Lipinski definition) is 6. The summed E-state index contributed by atoms with van der Waals surface area (Å²) in [5, 5.41) is 14.8. The van der Waals surface area contributed by atoms with E-state index < -0.39 is 6.09 Å². The highest BCUT2D eigenvalue weighted by Gasteiger charge is 2.30. The molecule has 1 amide bonds. The van der Waals surface area contributed by atoms with E-state index in [1.807, 2.05) is 12.1 Å². The molecule has 0 spiro atoms. The molecule has 168 valence electrons. The van der Waals surface area contributed by atoms with E-state index in [4.69, 9.17) is 15.6 Å². The number of fused-ring (bicyclic) bond motifs is 1. The fraction of sp³-hybridized carbons (Fsp3) is 0.217. The molecule has 5 rings (SSSR count). The predicted molar refractivity (Wildman–Crippen MR) is 119 cm³/mol. The Bertz CT molecular complexity index is 1320. The maximum atomic E-state index is 13.4. The van der Waals surface area contributed by atoms with E-state index >= 15 is 0 Å². The van der Waals surface area contributed by atoms with E-state index in [0.29, 0.717) is 47.1 Å². The molecule has 3 N–H and O–H groups in total. The molecule has 1 aliphatic heterocycles. The van der Waals surface area contributed by atoms with Crippen LogP contribution < -0.4 is 10.5 Å². The molecule has 1 atom stereocenters. The molecule has 1 aliphatic rings. The van der Waals surface area contributed by atoms with Crippen molar-refractivity contribution >= 4 is 22.9 Å². The fourth-order valence-corrected chi connectivity index (χ4v) is 4.18. The molecule has 1 fully saturated rings. The molecule has 33 heavy (non-hydrogen) atoms. The third-order valence-electron chi connectivity index (χ3n) is 5.72. The first-order valence-corrected chi connectivity index (χ1v) is 10.5. The third-order valence-corrected chi connectivity index (χ3v) is 5.72. The molecule has 0 saturated carbocycles. The van der Waals surface area contributed by atoms with Crippen LogP contribution in [0.3, 0.4) is 0 Å². The fourth-order valence-electron chi connectivity index (χ4n) is 4.18. The number of amides is 1. The van der Waals surface area contributed by atoms with Crippen molar-refractivity contribution in [2.24, 2.45) is 0 Å². The van der Waals surface area contributed by atoms with Crippen molar-refractivity contribution in [1.82, 2.24) is 24.6 Å². The summed E-state index contributed by atoms with van der Waals surface area (Å²) >= 11 is 0. The number of carbonyl (C=O) groups is 1. The van der Waals surface area contributed by atoms with Crippen LogP contribution >= 0.6 is 0 Å². The Morgan fingerprint density at radius 1 is 1.18 bits per heavy atom. The Labute approximate surface area is 188 Å². The van der Waals surface area contributed by atoms with Crippen molar-refractivity contribution in [2.75, 3.05) is 12.3 Å². The molecular formula is C23H21FN6O3. The van der Waals surface area contributed by atoms with Crippen molar-refractivity contribution in [3.8, 4) is 22.8 Å². The van der Waals surface area contributed by atoms with Crippen LogP contribution in [0.25, 0.3) is 22.3 Å². The van der Waals surface area contributed by atoms with Gasteiger partial charge in [0.25, 0.3) is 0 Å². The zero-order valence-corrected chi connectivity index (χ0v) is 17.6. The van der Waals surface area contributed by atoms with Gasteiger partial charge in [0.1, 0.15) is 35.2 Å². The lowest BCUT2D eigenvalue weighted by Gasteiger charge is -2.21. The van der Waals surface area contributed by atoms with Gasteiger partial charge in [-0.05, 0) is 49.2 Å². The van der Waals surface area contributed by atoms with Crippen LogP contribution in [0.5, 0.6) is 11.5 Å². The zero-order valence-electron chi connectivity index (χ0n) is 17.6. The number of hydrogen-bond donors (Lipinski definition) is 2.